The van der Waals surface area contributed by atoms with Crippen molar-refractivity contribution < 1.29 is 9.53 Å². The number of ether oxygens (including phenoxy) is 1. The van der Waals surface area contributed by atoms with E-state index in [1.165, 1.54) is 12.8 Å². The molecule has 2 saturated carbocycles. The summed E-state index contributed by atoms with van der Waals surface area (Å²) in [5, 5.41) is 2.92. The van der Waals surface area contributed by atoms with Gasteiger partial charge in [-0.25, -0.2) is 9.97 Å². The fourth-order valence-corrected chi connectivity index (χ4v) is 2.92. The van der Waals surface area contributed by atoms with E-state index in [1.54, 1.807) is 19.5 Å². The van der Waals surface area contributed by atoms with Crippen molar-refractivity contribution in [1.29, 1.82) is 0 Å². The lowest BCUT2D eigenvalue weighted by Gasteiger charge is -2.06. The minimum Gasteiger partial charge on any atom is -0.497 e. The van der Waals surface area contributed by atoms with Gasteiger partial charge in [-0.15, -0.1) is 0 Å². The Bertz CT molecular complexity index is 725. The predicted molar refractivity (Wildman–Crippen MR) is 86.5 cm³/mol. The van der Waals surface area contributed by atoms with Crippen molar-refractivity contribution in [2.24, 2.45) is 5.92 Å². The van der Waals surface area contributed by atoms with Crippen molar-refractivity contribution >= 4 is 11.6 Å². The van der Waals surface area contributed by atoms with Crippen molar-refractivity contribution in [2.75, 3.05) is 12.4 Å². The van der Waals surface area contributed by atoms with E-state index >= 15 is 0 Å². The number of hydrogen-bond acceptors (Lipinski definition) is 4. The van der Waals surface area contributed by atoms with Gasteiger partial charge < -0.3 is 10.1 Å². The molecule has 5 nitrogen and oxygen atoms in total. The average Bonchev–Trinajstić information content (AvgIpc) is 3.48. The second-order valence-electron chi connectivity index (χ2n) is 6.32. The van der Waals surface area contributed by atoms with Crippen molar-refractivity contribution in [3.63, 3.8) is 0 Å². The van der Waals surface area contributed by atoms with Gasteiger partial charge in [0.05, 0.1) is 25.2 Å². The summed E-state index contributed by atoms with van der Waals surface area (Å²) >= 11 is 0. The molecule has 5 heteroatoms. The maximum Gasteiger partial charge on any atom is 0.228 e. The molecule has 0 bridgehead atoms. The van der Waals surface area contributed by atoms with E-state index in [0.717, 1.165) is 23.6 Å². The van der Waals surface area contributed by atoms with E-state index in [2.05, 4.69) is 15.3 Å². The zero-order valence-corrected chi connectivity index (χ0v) is 13.0. The van der Waals surface area contributed by atoms with Gasteiger partial charge in [-0.05, 0) is 42.9 Å². The fraction of sp³-hybridized carbons (Fsp3) is 0.389. The monoisotopic (exact) mass is 309 g/mol. The van der Waals surface area contributed by atoms with Gasteiger partial charge in [0.1, 0.15) is 11.6 Å². The van der Waals surface area contributed by atoms with Crippen LogP contribution in [-0.2, 0) is 4.79 Å². The van der Waals surface area contributed by atoms with Crippen LogP contribution in [0, 0.1) is 5.92 Å². The zero-order chi connectivity index (χ0) is 15.8. The summed E-state index contributed by atoms with van der Waals surface area (Å²) in [6.07, 6.45) is 6.65. The van der Waals surface area contributed by atoms with E-state index < -0.39 is 0 Å². The van der Waals surface area contributed by atoms with Crippen LogP contribution in [0.1, 0.15) is 42.5 Å². The van der Waals surface area contributed by atoms with E-state index in [1.807, 2.05) is 24.3 Å². The van der Waals surface area contributed by atoms with Gasteiger partial charge in [-0.1, -0.05) is 12.1 Å². The molecule has 2 aliphatic carbocycles. The smallest absolute Gasteiger partial charge is 0.228 e. The summed E-state index contributed by atoms with van der Waals surface area (Å²) in [4.78, 5) is 21.0. The predicted octanol–water partition coefficient (Wildman–Crippen LogP) is 3.10. The molecule has 1 amide bonds. The molecule has 2 aliphatic rings. The van der Waals surface area contributed by atoms with Crippen LogP contribution in [0.2, 0.25) is 0 Å². The second-order valence-corrected chi connectivity index (χ2v) is 6.32. The van der Waals surface area contributed by atoms with Crippen LogP contribution in [0.3, 0.4) is 0 Å². The lowest BCUT2D eigenvalue weighted by molar-refractivity contribution is -0.117. The molecule has 1 aromatic carbocycles. The summed E-state index contributed by atoms with van der Waals surface area (Å²) in [6.45, 7) is 0. The Morgan fingerprint density at radius 2 is 2.04 bits per heavy atom. The highest BCUT2D eigenvalue weighted by Gasteiger charge is 2.44. The number of benzene rings is 1. The number of aromatic nitrogens is 2. The first-order valence-electron chi connectivity index (χ1n) is 8.01. The zero-order valence-electron chi connectivity index (χ0n) is 13.0. The number of nitrogens with zero attached hydrogens (tertiary/aromatic N) is 2. The normalized spacial score (nSPS) is 22.5. The first kappa shape index (κ1) is 14.2. The number of amides is 1. The molecule has 1 heterocycles. The van der Waals surface area contributed by atoms with Gasteiger partial charge in [-0.2, -0.15) is 0 Å². The van der Waals surface area contributed by atoms with Gasteiger partial charge in [0, 0.05) is 11.8 Å². The van der Waals surface area contributed by atoms with Gasteiger partial charge in [0.2, 0.25) is 5.91 Å². The molecular formula is C18H19N3O2. The highest BCUT2D eigenvalue weighted by atomic mass is 16.5. The van der Waals surface area contributed by atoms with E-state index in [0.29, 0.717) is 11.6 Å². The second kappa shape index (κ2) is 5.65. The molecule has 4 rings (SSSR count). The largest absolute Gasteiger partial charge is 0.497 e. The quantitative estimate of drug-likeness (QED) is 0.921. The third kappa shape index (κ3) is 3.04. The molecule has 0 unspecified atom stereocenters. The minimum atomic E-state index is 0.0187. The lowest BCUT2D eigenvalue weighted by Crippen LogP contribution is -2.15. The number of carbonyl (C=O) groups is 1. The topological polar surface area (TPSA) is 64.1 Å². The van der Waals surface area contributed by atoms with Crippen LogP contribution >= 0.6 is 0 Å². The summed E-state index contributed by atoms with van der Waals surface area (Å²) in [5.74, 6) is 2.59. The van der Waals surface area contributed by atoms with Crippen molar-refractivity contribution in [2.45, 2.75) is 31.1 Å². The van der Waals surface area contributed by atoms with Crippen LogP contribution in [0.4, 0.5) is 5.69 Å². The van der Waals surface area contributed by atoms with Crippen LogP contribution in [0.5, 0.6) is 5.75 Å². The highest BCUT2D eigenvalue weighted by molar-refractivity contribution is 5.95. The molecule has 0 radical (unpaired) electrons. The Kier molecular flexibility index (Phi) is 3.48. The molecule has 0 aliphatic heterocycles. The Labute approximate surface area is 135 Å². The number of anilines is 1. The van der Waals surface area contributed by atoms with Crippen LogP contribution < -0.4 is 10.1 Å². The Balaban J connectivity index is 1.38. The van der Waals surface area contributed by atoms with Crippen molar-refractivity contribution in [3.05, 3.63) is 48.0 Å². The van der Waals surface area contributed by atoms with Crippen molar-refractivity contribution in [3.8, 4) is 5.75 Å². The molecule has 2 atom stereocenters. The molecule has 1 N–H and O–H groups in total. The summed E-state index contributed by atoms with van der Waals surface area (Å²) < 4.78 is 5.24. The molecule has 23 heavy (non-hydrogen) atoms. The first-order chi connectivity index (χ1) is 11.2. The van der Waals surface area contributed by atoms with Gasteiger partial charge in [0.25, 0.3) is 0 Å². The molecule has 118 valence electrons. The summed E-state index contributed by atoms with van der Waals surface area (Å²) in [7, 11) is 1.65. The number of methoxy groups -OCH3 is 1. The molecule has 0 spiro atoms. The number of rotatable bonds is 5. The standard InChI is InChI=1S/C18H19N3O2/c1-23-14-4-2-3-12(7-14)15-8-16(15)18(22)21-13-9-19-17(20-10-13)11-5-6-11/h2-4,7,9-11,15-16H,5-6,8H2,1H3,(H,21,22)/t15-,16-/m0/s1. The SMILES string of the molecule is COc1cccc([C@@H]2C[C@@H]2C(=O)Nc2cnc(C3CC3)nc2)c1. The van der Waals surface area contributed by atoms with Crippen LogP contribution in [0.25, 0.3) is 0 Å². The van der Waals surface area contributed by atoms with Crippen LogP contribution in [0.15, 0.2) is 36.7 Å². The van der Waals surface area contributed by atoms with E-state index in [9.17, 15) is 4.79 Å². The van der Waals surface area contributed by atoms with E-state index in [-0.39, 0.29) is 17.7 Å². The fourth-order valence-electron chi connectivity index (χ4n) is 2.92. The Hall–Kier alpha value is -2.43. The summed E-state index contributed by atoms with van der Waals surface area (Å²) in [5.41, 5.74) is 1.83. The van der Waals surface area contributed by atoms with Gasteiger partial charge in [-0.3, -0.25) is 4.79 Å². The first-order valence-corrected chi connectivity index (χ1v) is 8.01. The third-order valence-corrected chi connectivity index (χ3v) is 4.53. The molecule has 0 saturated heterocycles. The number of hydrogen-bond donors (Lipinski definition) is 1. The Morgan fingerprint density at radius 1 is 1.26 bits per heavy atom. The average molecular weight is 309 g/mol. The molecule has 2 fully saturated rings. The summed E-state index contributed by atoms with van der Waals surface area (Å²) in [6, 6.07) is 7.94. The lowest BCUT2D eigenvalue weighted by atomic mass is 10.1. The number of nitrogens with one attached hydrogen (secondary N) is 1. The molecule has 1 aromatic heterocycles. The third-order valence-electron chi connectivity index (χ3n) is 4.53. The van der Waals surface area contributed by atoms with Gasteiger partial charge >= 0.3 is 0 Å². The van der Waals surface area contributed by atoms with Crippen molar-refractivity contribution in [1.82, 2.24) is 9.97 Å². The molecular weight excluding hydrogens is 290 g/mol. The molecule has 2 aromatic rings. The maximum absolute atomic E-state index is 12.3. The minimum absolute atomic E-state index is 0.0187. The van der Waals surface area contributed by atoms with E-state index in [4.69, 9.17) is 4.74 Å². The van der Waals surface area contributed by atoms with Crippen LogP contribution in [-0.4, -0.2) is 23.0 Å². The maximum atomic E-state index is 12.3. The highest BCUT2D eigenvalue weighted by Crippen LogP contribution is 2.48. The number of carbonyl (C=O) groups excluding carboxylic acids is 1. The van der Waals surface area contributed by atoms with Gasteiger partial charge in [0.15, 0.2) is 0 Å². The Morgan fingerprint density at radius 3 is 2.74 bits per heavy atom.